The molecule has 3 rings (SSSR count). The quantitative estimate of drug-likeness (QED) is 0.479. The first-order valence-corrected chi connectivity index (χ1v) is 8.03. The number of oxime groups is 1. The minimum atomic E-state index is 0.220. The lowest BCUT2D eigenvalue weighted by Gasteiger charge is -2.06. The summed E-state index contributed by atoms with van der Waals surface area (Å²) in [6, 6.07) is 9.35. The van der Waals surface area contributed by atoms with E-state index < -0.39 is 0 Å². The third kappa shape index (κ3) is 3.75. The van der Waals surface area contributed by atoms with Crippen LogP contribution in [0.5, 0.6) is 11.5 Å². The van der Waals surface area contributed by atoms with Crippen molar-refractivity contribution < 1.29 is 18.7 Å². The summed E-state index contributed by atoms with van der Waals surface area (Å²) in [6.45, 7) is 0.220. The van der Waals surface area contributed by atoms with E-state index in [0.29, 0.717) is 23.1 Å². The Kier molecular flexibility index (Phi) is 5.12. The highest BCUT2D eigenvalue weighted by Crippen LogP contribution is 2.24. The first-order chi connectivity index (χ1) is 11.8. The molecule has 6 nitrogen and oxygen atoms in total. The van der Waals surface area contributed by atoms with E-state index in [-0.39, 0.29) is 6.61 Å². The number of oxazole rings is 1. The van der Waals surface area contributed by atoms with Crippen LogP contribution in [0.4, 0.5) is 0 Å². The second-order valence-corrected chi connectivity index (χ2v) is 5.68. The van der Waals surface area contributed by atoms with E-state index in [1.54, 1.807) is 38.0 Å². The average Bonchev–Trinajstić information content (AvgIpc) is 3.29. The molecule has 0 bridgehead atoms. The van der Waals surface area contributed by atoms with Crippen molar-refractivity contribution in [2.24, 2.45) is 5.16 Å². The molecule has 0 N–H and O–H groups in total. The average molecular weight is 344 g/mol. The Morgan fingerprint density at radius 1 is 1.25 bits per heavy atom. The Hall–Kier alpha value is -2.80. The summed E-state index contributed by atoms with van der Waals surface area (Å²) in [5.74, 6) is 1.99. The van der Waals surface area contributed by atoms with Crippen LogP contribution in [0.3, 0.4) is 0 Å². The molecule has 0 unspecified atom stereocenters. The molecule has 0 aliphatic carbocycles. The molecule has 0 amide bonds. The van der Waals surface area contributed by atoms with Gasteiger partial charge in [-0.3, -0.25) is 0 Å². The van der Waals surface area contributed by atoms with Gasteiger partial charge in [-0.25, -0.2) is 4.98 Å². The highest BCUT2D eigenvalue weighted by Gasteiger charge is 2.07. The van der Waals surface area contributed by atoms with Gasteiger partial charge in [-0.2, -0.15) is 0 Å². The van der Waals surface area contributed by atoms with Gasteiger partial charge in [0.25, 0.3) is 0 Å². The standard InChI is InChI=1S/C17H16N2O4S/c1-20-14-5-6-15(21-2)12(8-14)9-18-23-11-13-10-22-17(19-13)16-4-3-7-24-16/h3-10H,11H2,1-2H3/b18-9+. The number of aromatic nitrogens is 1. The van der Waals surface area contributed by atoms with Crippen molar-refractivity contribution in [3.8, 4) is 22.3 Å². The van der Waals surface area contributed by atoms with E-state index in [2.05, 4.69) is 10.1 Å². The van der Waals surface area contributed by atoms with Gasteiger partial charge >= 0.3 is 0 Å². The van der Waals surface area contributed by atoms with E-state index in [1.807, 2.05) is 35.7 Å². The first-order valence-electron chi connectivity index (χ1n) is 7.16. The van der Waals surface area contributed by atoms with Gasteiger partial charge in [-0.05, 0) is 29.6 Å². The molecule has 0 fully saturated rings. The fourth-order valence-corrected chi connectivity index (χ4v) is 2.68. The topological polar surface area (TPSA) is 66.1 Å². The zero-order valence-corrected chi connectivity index (χ0v) is 14.1. The Morgan fingerprint density at radius 2 is 2.17 bits per heavy atom. The molecule has 3 aromatic rings. The summed E-state index contributed by atoms with van der Waals surface area (Å²) in [7, 11) is 3.20. The Morgan fingerprint density at radius 3 is 2.92 bits per heavy atom. The number of nitrogens with zero attached hydrogens (tertiary/aromatic N) is 2. The monoisotopic (exact) mass is 344 g/mol. The maximum Gasteiger partial charge on any atom is 0.236 e. The van der Waals surface area contributed by atoms with Crippen LogP contribution in [-0.4, -0.2) is 25.4 Å². The first kappa shape index (κ1) is 16.1. The zero-order chi connectivity index (χ0) is 16.8. The normalized spacial score (nSPS) is 10.9. The summed E-state index contributed by atoms with van der Waals surface area (Å²) in [5, 5.41) is 5.93. The summed E-state index contributed by atoms with van der Waals surface area (Å²) >= 11 is 1.57. The molecule has 124 valence electrons. The van der Waals surface area contributed by atoms with E-state index in [9.17, 15) is 0 Å². The van der Waals surface area contributed by atoms with Crippen molar-refractivity contribution in [3.05, 3.63) is 53.2 Å². The van der Waals surface area contributed by atoms with Crippen LogP contribution in [0, 0.1) is 0 Å². The predicted molar refractivity (Wildman–Crippen MR) is 91.7 cm³/mol. The molecule has 24 heavy (non-hydrogen) atoms. The maximum absolute atomic E-state index is 5.42. The van der Waals surface area contributed by atoms with E-state index in [4.69, 9.17) is 18.7 Å². The predicted octanol–water partition coefficient (Wildman–Crippen LogP) is 3.97. The molecule has 0 spiro atoms. The molecule has 7 heteroatoms. The lowest BCUT2D eigenvalue weighted by molar-refractivity contribution is 0.129. The third-order valence-corrected chi connectivity index (χ3v) is 4.06. The van der Waals surface area contributed by atoms with Gasteiger partial charge in [0, 0.05) is 5.56 Å². The zero-order valence-electron chi connectivity index (χ0n) is 13.3. The SMILES string of the molecule is COc1ccc(OC)c(/C=N/OCc2coc(-c3cccs3)n2)c1. The number of hydrogen-bond acceptors (Lipinski definition) is 7. The molecule has 1 aromatic carbocycles. The molecular formula is C17H16N2O4S. The fourth-order valence-electron chi connectivity index (χ4n) is 2.02. The van der Waals surface area contributed by atoms with Crippen LogP contribution in [0.2, 0.25) is 0 Å². The van der Waals surface area contributed by atoms with Crippen LogP contribution in [-0.2, 0) is 11.4 Å². The molecule has 0 aliphatic heterocycles. The highest BCUT2D eigenvalue weighted by molar-refractivity contribution is 7.13. The summed E-state index contributed by atoms with van der Waals surface area (Å²) in [6.07, 6.45) is 3.14. The molecule has 0 aliphatic rings. The minimum absolute atomic E-state index is 0.220. The van der Waals surface area contributed by atoms with Gasteiger partial charge < -0.3 is 18.7 Å². The summed E-state index contributed by atoms with van der Waals surface area (Å²) < 4.78 is 15.9. The number of methoxy groups -OCH3 is 2. The van der Waals surface area contributed by atoms with Crippen LogP contribution >= 0.6 is 11.3 Å². The van der Waals surface area contributed by atoms with Crippen molar-refractivity contribution in [1.82, 2.24) is 4.98 Å². The number of ether oxygens (including phenoxy) is 2. The highest BCUT2D eigenvalue weighted by atomic mass is 32.1. The third-order valence-electron chi connectivity index (χ3n) is 3.20. The van der Waals surface area contributed by atoms with Gasteiger partial charge in [0.1, 0.15) is 23.5 Å². The molecule has 0 radical (unpaired) electrons. The van der Waals surface area contributed by atoms with Gasteiger partial charge in [-0.1, -0.05) is 11.2 Å². The summed E-state index contributed by atoms with van der Waals surface area (Å²) in [4.78, 5) is 10.6. The Balaban J connectivity index is 1.61. The van der Waals surface area contributed by atoms with E-state index in [0.717, 1.165) is 10.4 Å². The number of benzene rings is 1. The van der Waals surface area contributed by atoms with Gasteiger partial charge in [0.05, 0.1) is 25.3 Å². The molecule has 0 saturated carbocycles. The molecule has 2 heterocycles. The minimum Gasteiger partial charge on any atom is -0.497 e. The molecular weight excluding hydrogens is 328 g/mol. The van der Waals surface area contributed by atoms with Crippen molar-refractivity contribution in [2.45, 2.75) is 6.61 Å². The summed E-state index contributed by atoms with van der Waals surface area (Å²) in [5.41, 5.74) is 1.43. The number of thiophene rings is 1. The van der Waals surface area contributed by atoms with Gasteiger partial charge in [0.2, 0.25) is 5.89 Å². The van der Waals surface area contributed by atoms with Crippen molar-refractivity contribution in [3.63, 3.8) is 0 Å². The second kappa shape index (κ2) is 7.65. The van der Waals surface area contributed by atoms with Crippen LogP contribution < -0.4 is 9.47 Å². The van der Waals surface area contributed by atoms with E-state index >= 15 is 0 Å². The largest absolute Gasteiger partial charge is 0.497 e. The van der Waals surface area contributed by atoms with Crippen molar-refractivity contribution >= 4 is 17.6 Å². The van der Waals surface area contributed by atoms with Gasteiger partial charge in [-0.15, -0.1) is 11.3 Å². The van der Waals surface area contributed by atoms with Crippen molar-refractivity contribution in [2.75, 3.05) is 14.2 Å². The number of rotatable bonds is 7. The van der Waals surface area contributed by atoms with Crippen LogP contribution in [0.15, 0.2) is 51.5 Å². The van der Waals surface area contributed by atoms with E-state index in [1.165, 1.54) is 0 Å². The lowest BCUT2D eigenvalue weighted by Crippen LogP contribution is -1.94. The van der Waals surface area contributed by atoms with Crippen LogP contribution in [0.1, 0.15) is 11.3 Å². The Bertz CT molecular complexity index is 812. The maximum atomic E-state index is 5.42. The second-order valence-electron chi connectivity index (χ2n) is 4.74. The lowest BCUT2D eigenvalue weighted by atomic mass is 10.2. The molecule has 0 atom stereocenters. The van der Waals surface area contributed by atoms with Gasteiger partial charge in [0.15, 0.2) is 6.61 Å². The Labute approximate surface area is 143 Å². The fraction of sp³-hybridized carbons (Fsp3) is 0.176. The van der Waals surface area contributed by atoms with Crippen LogP contribution in [0.25, 0.3) is 10.8 Å². The molecule has 2 aromatic heterocycles. The smallest absolute Gasteiger partial charge is 0.236 e. The molecule has 0 saturated heterocycles. The number of hydrogen-bond donors (Lipinski definition) is 0. The van der Waals surface area contributed by atoms with Crippen molar-refractivity contribution in [1.29, 1.82) is 0 Å².